The van der Waals surface area contributed by atoms with Gasteiger partial charge in [0.25, 0.3) is 5.56 Å². The number of hydrogen-bond acceptors (Lipinski definition) is 5. The van der Waals surface area contributed by atoms with Crippen LogP contribution in [0.1, 0.15) is 6.92 Å². The van der Waals surface area contributed by atoms with Crippen LogP contribution in [0.4, 0.5) is 5.69 Å². The molecule has 0 spiro atoms. The summed E-state index contributed by atoms with van der Waals surface area (Å²) >= 11 is 0. The van der Waals surface area contributed by atoms with Crippen molar-refractivity contribution >= 4 is 22.5 Å². The van der Waals surface area contributed by atoms with Crippen LogP contribution in [0, 0.1) is 0 Å². The predicted octanol–water partition coefficient (Wildman–Crippen LogP) is 3.52. The number of fused-ring (bicyclic) bond motifs is 1. The highest BCUT2D eigenvalue weighted by Crippen LogP contribution is 2.25. The van der Waals surface area contributed by atoms with Crippen molar-refractivity contribution in [3.63, 3.8) is 0 Å². The summed E-state index contributed by atoms with van der Waals surface area (Å²) in [6, 6.07) is 20.8. The number of benzene rings is 3. The average molecular weight is 431 g/mol. The quantitative estimate of drug-likeness (QED) is 0.466. The number of nitrogens with zero attached hydrogens (tertiary/aromatic N) is 1. The van der Waals surface area contributed by atoms with Gasteiger partial charge in [0.1, 0.15) is 23.8 Å². The lowest BCUT2D eigenvalue weighted by Crippen LogP contribution is -2.33. The average Bonchev–Trinajstić information content (AvgIpc) is 2.79. The standard InChI is InChI=1S/C24H21N3O5/c1-2-31-17-11-13-19(14-12-17)32-18-9-7-16(8-10-18)25-22(28)15-27-21-6-4-3-5-20(21)23(29)26-24(27)30/h3-14H,2,15H2,1H3,(H,25,28)(H,26,29,30). The van der Waals surface area contributed by atoms with Crippen molar-refractivity contribution in [3.8, 4) is 17.2 Å². The first-order chi connectivity index (χ1) is 15.5. The molecular weight excluding hydrogens is 410 g/mol. The van der Waals surface area contributed by atoms with Gasteiger partial charge in [-0.25, -0.2) is 4.79 Å². The van der Waals surface area contributed by atoms with Gasteiger partial charge in [0.15, 0.2) is 0 Å². The molecule has 0 radical (unpaired) electrons. The van der Waals surface area contributed by atoms with Crippen molar-refractivity contribution in [1.29, 1.82) is 0 Å². The summed E-state index contributed by atoms with van der Waals surface area (Å²) in [6.07, 6.45) is 0. The lowest BCUT2D eigenvalue weighted by molar-refractivity contribution is -0.116. The first-order valence-electron chi connectivity index (χ1n) is 10.1. The monoisotopic (exact) mass is 431 g/mol. The van der Waals surface area contributed by atoms with Crippen LogP contribution in [0.3, 0.4) is 0 Å². The van der Waals surface area contributed by atoms with Crippen molar-refractivity contribution in [2.75, 3.05) is 11.9 Å². The molecule has 3 aromatic carbocycles. The molecule has 8 nitrogen and oxygen atoms in total. The smallest absolute Gasteiger partial charge is 0.329 e. The Morgan fingerprint density at radius 2 is 1.53 bits per heavy atom. The number of anilines is 1. The molecule has 0 aliphatic rings. The maximum Gasteiger partial charge on any atom is 0.329 e. The van der Waals surface area contributed by atoms with Crippen LogP contribution in [-0.4, -0.2) is 22.1 Å². The van der Waals surface area contributed by atoms with Crippen molar-refractivity contribution in [2.24, 2.45) is 0 Å². The van der Waals surface area contributed by atoms with E-state index in [2.05, 4.69) is 10.3 Å². The van der Waals surface area contributed by atoms with Crippen LogP contribution in [-0.2, 0) is 11.3 Å². The molecule has 8 heteroatoms. The van der Waals surface area contributed by atoms with Crippen LogP contribution in [0.25, 0.3) is 10.9 Å². The van der Waals surface area contributed by atoms with Gasteiger partial charge in [-0.05, 0) is 67.6 Å². The first-order valence-corrected chi connectivity index (χ1v) is 10.1. The number of aromatic nitrogens is 2. The summed E-state index contributed by atoms with van der Waals surface area (Å²) < 4.78 is 12.4. The minimum atomic E-state index is -0.636. The Bertz CT molecular complexity index is 1360. The fourth-order valence-corrected chi connectivity index (χ4v) is 3.26. The molecule has 0 bridgehead atoms. The van der Waals surface area contributed by atoms with Gasteiger partial charge in [0, 0.05) is 5.69 Å². The molecule has 0 saturated carbocycles. The number of H-pyrrole nitrogens is 1. The SMILES string of the molecule is CCOc1ccc(Oc2ccc(NC(=O)Cn3c(=O)[nH]c(=O)c4ccccc43)cc2)cc1. The van der Waals surface area contributed by atoms with Crippen LogP contribution in [0.15, 0.2) is 82.4 Å². The number of ether oxygens (including phenoxy) is 2. The summed E-state index contributed by atoms with van der Waals surface area (Å²) in [7, 11) is 0. The molecule has 2 N–H and O–H groups in total. The number of nitrogens with one attached hydrogen (secondary N) is 2. The third-order valence-electron chi connectivity index (χ3n) is 4.72. The van der Waals surface area contributed by atoms with E-state index in [-0.39, 0.29) is 6.54 Å². The number of carbonyl (C=O) groups is 1. The molecule has 0 saturated heterocycles. The summed E-state index contributed by atoms with van der Waals surface area (Å²) in [4.78, 5) is 38.9. The van der Waals surface area contributed by atoms with Crippen molar-refractivity contribution in [1.82, 2.24) is 9.55 Å². The van der Waals surface area contributed by atoms with E-state index in [0.29, 0.717) is 34.7 Å². The second kappa shape index (κ2) is 9.22. The molecule has 0 aliphatic carbocycles. The fourth-order valence-electron chi connectivity index (χ4n) is 3.26. The van der Waals surface area contributed by atoms with E-state index in [1.807, 2.05) is 31.2 Å². The minimum absolute atomic E-state index is 0.236. The van der Waals surface area contributed by atoms with Gasteiger partial charge in [-0.1, -0.05) is 12.1 Å². The molecule has 0 fully saturated rings. The minimum Gasteiger partial charge on any atom is -0.494 e. The molecule has 1 amide bonds. The van der Waals surface area contributed by atoms with Crippen LogP contribution >= 0.6 is 0 Å². The summed E-state index contributed by atoms with van der Waals surface area (Å²) in [5.41, 5.74) is -0.167. The number of aromatic amines is 1. The van der Waals surface area contributed by atoms with Gasteiger partial charge in [-0.3, -0.25) is 19.1 Å². The van der Waals surface area contributed by atoms with Crippen molar-refractivity contribution < 1.29 is 14.3 Å². The highest BCUT2D eigenvalue weighted by molar-refractivity contribution is 5.91. The maximum absolute atomic E-state index is 12.5. The number of amides is 1. The highest BCUT2D eigenvalue weighted by Gasteiger charge is 2.11. The molecule has 162 valence electrons. The third-order valence-corrected chi connectivity index (χ3v) is 4.72. The fraction of sp³-hybridized carbons (Fsp3) is 0.125. The lowest BCUT2D eigenvalue weighted by Gasteiger charge is -2.11. The van der Waals surface area contributed by atoms with Gasteiger partial charge in [-0.15, -0.1) is 0 Å². The number of hydrogen-bond donors (Lipinski definition) is 2. The molecule has 0 atom stereocenters. The Morgan fingerprint density at radius 3 is 2.22 bits per heavy atom. The van der Waals surface area contributed by atoms with Crippen LogP contribution < -0.4 is 26.0 Å². The molecular formula is C24H21N3O5. The molecule has 1 heterocycles. The van der Waals surface area contributed by atoms with E-state index in [1.165, 1.54) is 4.57 Å². The van der Waals surface area contributed by atoms with Gasteiger partial charge in [-0.2, -0.15) is 0 Å². The summed E-state index contributed by atoms with van der Waals surface area (Å²) in [6.45, 7) is 2.28. The number of carbonyl (C=O) groups excluding carboxylic acids is 1. The topological polar surface area (TPSA) is 102 Å². The van der Waals surface area contributed by atoms with E-state index < -0.39 is 17.2 Å². The molecule has 0 aliphatic heterocycles. The van der Waals surface area contributed by atoms with E-state index in [0.717, 1.165) is 5.75 Å². The van der Waals surface area contributed by atoms with E-state index in [9.17, 15) is 14.4 Å². The maximum atomic E-state index is 12.5. The van der Waals surface area contributed by atoms with Crippen molar-refractivity contribution in [2.45, 2.75) is 13.5 Å². The molecule has 1 aromatic heterocycles. The summed E-state index contributed by atoms with van der Waals surface area (Å²) in [5.74, 6) is 1.64. The zero-order valence-corrected chi connectivity index (χ0v) is 17.3. The zero-order valence-electron chi connectivity index (χ0n) is 17.3. The Hall–Kier alpha value is -4.33. The van der Waals surface area contributed by atoms with Crippen LogP contribution in [0.5, 0.6) is 17.2 Å². The second-order valence-corrected chi connectivity index (χ2v) is 6.94. The Balaban J connectivity index is 1.43. The number of rotatable bonds is 7. The lowest BCUT2D eigenvalue weighted by atomic mass is 10.2. The Labute approximate surface area is 183 Å². The Morgan fingerprint density at radius 1 is 0.906 bits per heavy atom. The van der Waals surface area contributed by atoms with E-state index >= 15 is 0 Å². The van der Waals surface area contributed by atoms with Gasteiger partial charge < -0.3 is 14.8 Å². The second-order valence-electron chi connectivity index (χ2n) is 6.94. The molecule has 4 rings (SSSR count). The largest absolute Gasteiger partial charge is 0.494 e. The highest BCUT2D eigenvalue weighted by atomic mass is 16.5. The van der Waals surface area contributed by atoms with Crippen LogP contribution in [0.2, 0.25) is 0 Å². The van der Waals surface area contributed by atoms with Gasteiger partial charge in [0.2, 0.25) is 5.91 Å². The summed E-state index contributed by atoms with van der Waals surface area (Å²) in [5, 5.41) is 3.09. The Kier molecular flexibility index (Phi) is 6.03. The third kappa shape index (κ3) is 4.70. The number of para-hydroxylation sites is 1. The zero-order chi connectivity index (χ0) is 22.5. The first kappa shape index (κ1) is 20.9. The molecule has 0 unspecified atom stereocenters. The van der Waals surface area contributed by atoms with Crippen molar-refractivity contribution in [3.05, 3.63) is 93.6 Å². The van der Waals surface area contributed by atoms with Gasteiger partial charge in [0.05, 0.1) is 17.5 Å². The molecule has 32 heavy (non-hydrogen) atoms. The van der Waals surface area contributed by atoms with E-state index in [4.69, 9.17) is 9.47 Å². The van der Waals surface area contributed by atoms with Gasteiger partial charge >= 0.3 is 5.69 Å². The predicted molar refractivity (Wildman–Crippen MR) is 122 cm³/mol. The molecule has 4 aromatic rings. The van der Waals surface area contributed by atoms with E-state index in [1.54, 1.807) is 48.5 Å². The normalized spacial score (nSPS) is 10.7.